The summed E-state index contributed by atoms with van der Waals surface area (Å²) in [6.45, 7) is 5.89. The molecule has 1 aromatic heterocycles. The molecule has 0 bridgehead atoms. The second-order valence-corrected chi connectivity index (χ2v) is 10.9. The van der Waals surface area contributed by atoms with Crippen LogP contribution in [0.4, 0.5) is 0 Å². The van der Waals surface area contributed by atoms with E-state index >= 15 is 0 Å². The van der Waals surface area contributed by atoms with Gasteiger partial charge < -0.3 is 15.4 Å². The lowest BCUT2D eigenvalue weighted by molar-refractivity contribution is -0.0213. The van der Waals surface area contributed by atoms with Gasteiger partial charge in [-0.1, -0.05) is 32.1 Å². The number of rotatable bonds is 7. The molecule has 5 rings (SSSR count). The van der Waals surface area contributed by atoms with Crippen LogP contribution >= 0.6 is 0 Å². The zero-order chi connectivity index (χ0) is 22.7. The third kappa shape index (κ3) is 5.01. The number of hydrogen-bond donors (Lipinski definition) is 2. The van der Waals surface area contributed by atoms with Gasteiger partial charge in [0.2, 0.25) is 0 Å². The molecule has 0 spiro atoms. The van der Waals surface area contributed by atoms with Gasteiger partial charge in [0.05, 0.1) is 13.2 Å². The summed E-state index contributed by atoms with van der Waals surface area (Å²) in [6, 6.07) is 0.423. The van der Waals surface area contributed by atoms with Crippen molar-refractivity contribution in [2.45, 2.75) is 95.2 Å². The van der Waals surface area contributed by atoms with Crippen LogP contribution < -0.4 is 10.6 Å². The van der Waals surface area contributed by atoms with Gasteiger partial charge in [-0.15, -0.1) is 0 Å². The van der Waals surface area contributed by atoms with Crippen molar-refractivity contribution >= 4 is 5.91 Å². The van der Waals surface area contributed by atoms with Gasteiger partial charge in [-0.25, -0.2) is 0 Å². The van der Waals surface area contributed by atoms with E-state index < -0.39 is 0 Å². The molecular formula is C26H43N5O2. The third-order valence-electron chi connectivity index (χ3n) is 8.88. The zero-order valence-corrected chi connectivity index (χ0v) is 20.5. The first-order chi connectivity index (χ1) is 16.2. The Morgan fingerprint density at radius 1 is 1.09 bits per heavy atom. The number of carbonyl (C=O) groups is 1. The predicted octanol–water partition coefficient (Wildman–Crippen LogP) is 2.91. The number of ether oxygens (including phenoxy) is 1. The quantitative estimate of drug-likeness (QED) is 0.659. The van der Waals surface area contributed by atoms with Gasteiger partial charge in [0.1, 0.15) is 0 Å². The van der Waals surface area contributed by atoms with Gasteiger partial charge in [0.25, 0.3) is 5.91 Å². The fourth-order valence-electron chi connectivity index (χ4n) is 6.94. The summed E-state index contributed by atoms with van der Waals surface area (Å²) in [7, 11) is 1.72. The number of amides is 1. The minimum atomic E-state index is -0.0325. The Kier molecular flexibility index (Phi) is 7.38. The number of morpholine rings is 1. The summed E-state index contributed by atoms with van der Waals surface area (Å²) in [6.07, 6.45) is 15.0. The summed E-state index contributed by atoms with van der Waals surface area (Å²) in [4.78, 5) is 15.4. The van der Waals surface area contributed by atoms with Crippen LogP contribution in [0.1, 0.15) is 86.0 Å². The summed E-state index contributed by atoms with van der Waals surface area (Å²) < 4.78 is 7.84. The maximum absolute atomic E-state index is 12.7. The molecule has 1 aliphatic heterocycles. The van der Waals surface area contributed by atoms with E-state index in [-0.39, 0.29) is 5.91 Å². The number of fused-ring (bicyclic) bond motifs is 1. The summed E-state index contributed by atoms with van der Waals surface area (Å²) >= 11 is 0. The molecule has 2 heterocycles. The van der Waals surface area contributed by atoms with Crippen molar-refractivity contribution in [2.75, 3.05) is 39.9 Å². The molecule has 3 aliphatic carbocycles. The average molecular weight is 458 g/mol. The first kappa shape index (κ1) is 23.3. The van der Waals surface area contributed by atoms with E-state index in [1.807, 2.05) is 0 Å². The lowest BCUT2D eigenvalue weighted by atomic mass is 9.88. The molecule has 1 unspecified atom stereocenters. The molecule has 2 N–H and O–H groups in total. The summed E-state index contributed by atoms with van der Waals surface area (Å²) in [5.74, 6) is 0.682. The Bertz CT molecular complexity index is 804. The Labute approximate surface area is 199 Å². The van der Waals surface area contributed by atoms with E-state index in [4.69, 9.17) is 9.84 Å². The molecule has 1 atom stereocenters. The average Bonchev–Trinajstić information content (AvgIpc) is 3.49. The van der Waals surface area contributed by atoms with Crippen molar-refractivity contribution in [1.29, 1.82) is 0 Å². The van der Waals surface area contributed by atoms with Gasteiger partial charge in [-0.3, -0.25) is 14.4 Å². The molecule has 33 heavy (non-hydrogen) atoms. The van der Waals surface area contributed by atoms with Gasteiger partial charge in [-0.2, -0.15) is 5.10 Å². The zero-order valence-electron chi connectivity index (χ0n) is 20.5. The smallest absolute Gasteiger partial charge is 0.271 e. The largest absolute Gasteiger partial charge is 0.379 e. The number of nitrogens with one attached hydrogen (secondary N) is 2. The topological polar surface area (TPSA) is 71.4 Å². The van der Waals surface area contributed by atoms with Crippen molar-refractivity contribution in [2.24, 2.45) is 5.92 Å². The number of aromatic nitrogens is 2. The van der Waals surface area contributed by atoms with Crippen LogP contribution in [0.25, 0.3) is 0 Å². The van der Waals surface area contributed by atoms with Crippen LogP contribution in [-0.4, -0.2) is 72.1 Å². The number of carbonyl (C=O) groups excluding carboxylic acids is 1. The first-order valence-corrected chi connectivity index (χ1v) is 13.6. The molecule has 3 fully saturated rings. The van der Waals surface area contributed by atoms with Crippen LogP contribution in [-0.2, 0) is 24.1 Å². The lowest BCUT2D eigenvalue weighted by Crippen LogP contribution is -2.58. The van der Waals surface area contributed by atoms with E-state index in [1.54, 1.807) is 7.05 Å². The molecule has 1 saturated heterocycles. The molecule has 7 heteroatoms. The Hall–Kier alpha value is -1.44. The summed E-state index contributed by atoms with van der Waals surface area (Å²) in [5, 5.41) is 11.7. The van der Waals surface area contributed by atoms with E-state index in [9.17, 15) is 4.79 Å². The van der Waals surface area contributed by atoms with Crippen LogP contribution in [0.3, 0.4) is 0 Å². The molecule has 0 aromatic carbocycles. The molecular weight excluding hydrogens is 414 g/mol. The third-order valence-corrected chi connectivity index (χ3v) is 8.88. The highest BCUT2D eigenvalue weighted by Crippen LogP contribution is 2.36. The fourth-order valence-corrected chi connectivity index (χ4v) is 6.94. The molecule has 0 radical (unpaired) electrons. The highest BCUT2D eigenvalue weighted by Gasteiger charge is 2.40. The van der Waals surface area contributed by atoms with Gasteiger partial charge in [0.15, 0.2) is 5.69 Å². The number of hydrogen-bond acceptors (Lipinski definition) is 5. The van der Waals surface area contributed by atoms with Crippen molar-refractivity contribution in [3.8, 4) is 0 Å². The summed E-state index contributed by atoms with van der Waals surface area (Å²) in [5.41, 5.74) is 3.47. The Morgan fingerprint density at radius 3 is 2.58 bits per heavy atom. The fraction of sp³-hybridized carbons (Fsp3) is 0.846. The molecule has 184 valence electrons. The first-order valence-electron chi connectivity index (χ1n) is 13.6. The normalized spacial score (nSPS) is 26.3. The molecule has 2 saturated carbocycles. The minimum Gasteiger partial charge on any atom is -0.379 e. The second kappa shape index (κ2) is 10.4. The van der Waals surface area contributed by atoms with Crippen LogP contribution in [0.2, 0.25) is 0 Å². The SMILES string of the molecule is CNC(=O)c1nn(CC2CCCCC2)c2c1CC(NCC1(N3CCOCC3)CCCC1)CC2. The van der Waals surface area contributed by atoms with Crippen molar-refractivity contribution in [3.63, 3.8) is 0 Å². The molecule has 7 nitrogen and oxygen atoms in total. The van der Waals surface area contributed by atoms with Gasteiger partial charge in [-0.05, 0) is 50.9 Å². The minimum absolute atomic E-state index is 0.0325. The highest BCUT2D eigenvalue weighted by atomic mass is 16.5. The Morgan fingerprint density at radius 2 is 1.85 bits per heavy atom. The van der Waals surface area contributed by atoms with Crippen LogP contribution in [0.5, 0.6) is 0 Å². The van der Waals surface area contributed by atoms with Crippen LogP contribution in [0, 0.1) is 5.92 Å². The van der Waals surface area contributed by atoms with Crippen molar-refractivity contribution in [1.82, 2.24) is 25.3 Å². The van der Waals surface area contributed by atoms with Crippen LogP contribution in [0.15, 0.2) is 0 Å². The van der Waals surface area contributed by atoms with E-state index in [0.717, 1.165) is 58.7 Å². The molecule has 1 aromatic rings. The van der Waals surface area contributed by atoms with Crippen molar-refractivity contribution in [3.05, 3.63) is 17.0 Å². The van der Waals surface area contributed by atoms with Crippen molar-refractivity contribution < 1.29 is 9.53 Å². The lowest BCUT2D eigenvalue weighted by Gasteiger charge is -2.44. The molecule has 1 amide bonds. The monoisotopic (exact) mass is 457 g/mol. The van der Waals surface area contributed by atoms with E-state index in [0.29, 0.717) is 23.2 Å². The highest BCUT2D eigenvalue weighted by molar-refractivity contribution is 5.93. The Balaban J connectivity index is 1.28. The number of nitrogens with zero attached hydrogens (tertiary/aromatic N) is 3. The predicted molar refractivity (Wildman–Crippen MR) is 130 cm³/mol. The maximum atomic E-state index is 12.7. The standard InChI is InChI=1S/C26H43N5O2/c1-27-25(32)24-22-17-21(9-10-23(22)31(29-24)18-20-7-3-2-4-8-20)28-19-26(11-5-6-12-26)30-13-15-33-16-14-30/h20-21,28H,2-19H2,1H3,(H,27,32). The molecule has 4 aliphatic rings. The second-order valence-electron chi connectivity index (χ2n) is 10.9. The maximum Gasteiger partial charge on any atom is 0.271 e. The van der Waals surface area contributed by atoms with Gasteiger partial charge in [0, 0.05) is 56.1 Å². The van der Waals surface area contributed by atoms with Gasteiger partial charge >= 0.3 is 0 Å². The van der Waals surface area contributed by atoms with E-state index in [2.05, 4.69) is 20.2 Å². The van der Waals surface area contributed by atoms with E-state index in [1.165, 1.54) is 69.0 Å².